The zero-order valence-electron chi connectivity index (χ0n) is 13.2. The van der Waals surface area contributed by atoms with Crippen LogP contribution in [-0.2, 0) is 20.6 Å². The molecule has 0 spiro atoms. The summed E-state index contributed by atoms with van der Waals surface area (Å²) in [5.41, 5.74) is 4.49. The summed E-state index contributed by atoms with van der Waals surface area (Å²) >= 11 is 3.44. The minimum atomic E-state index is -0.0624. The first kappa shape index (κ1) is 15.8. The number of carbonyl (C=O) groups excluding carboxylic acids is 1. The molecule has 0 fully saturated rings. The number of hydrogen-bond acceptors (Lipinski definition) is 3. The van der Waals surface area contributed by atoms with E-state index in [1.54, 1.807) is 23.7 Å². The quantitative estimate of drug-likeness (QED) is 0.848. The molecule has 0 saturated heterocycles. The molecule has 0 aliphatic carbocycles. The molecule has 0 saturated carbocycles. The molecule has 0 atom stereocenters. The van der Waals surface area contributed by atoms with Gasteiger partial charge in [-0.1, -0.05) is 0 Å². The number of rotatable bonds is 3. The van der Waals surface area contributed by atoms with Crippen LogP contribution in [0.4, 0.5) is 0 Å². The summed E-state index contributed by atoms with van der Waals surface area (Å²) in [5, 5.41) is 8.65. The average Bonchev–Trinajstić information content (AvgIpc) is 2.79. The lowest BCUT2D eigenvalue weighted by Gasteiger charge is -2.18. The lowest BCUT2D eigenvalue weighted by molar-refractivity contribution is 0.0773. The van der Waals surface area contributed by atoms with Crippen molar-refractivity contribution in [2.75, 3.05) is 7.05 Å². The van der Waals surface area contributed by atoms with Crippen LogP contribution < -0.4 is 0 Å². The Morgan fingerprint density at radius 2 is 1.71 bits per heavy atom. The average molecular weight is 354 g/mol. The molecule has 114 valence electrons. The van der Waals surface area contributed by atoms with Gasteiger partial charge in [-0.05, 0) is 36.7 Å². The molecule has 2 heterocycles. The van der Waals surface area contributed by atoms with Crippen LogP contribution in [0, 0.1) is 20.8 Å². The molecule has 21 heavy (non-hydrogen) atoms. The van der Waals surface area contributed by atoms with Gasteiger partial charge in [-0.15, -0.1) is 0 Å². The first-order valence-corrected chi connectivity index (χ1v) is 7.47. The van der Waals surface area contributed by atoms with Crippen LogP contribution in [-0.4, -0.2) is 37.4 Å². The maximum atomic E-state index is 12.6. The smallest absolute Gasteiger partial charge is 0.273 e. The fourth-order valence-corrected chi connectivity index (χ4v) is 2.91. The van der Waals surface area contributed by atoms with Gasteiger partial charge in [-0.3, -0.25) is 14.2 Å². The Kier molecular flexibility index (Phi) is 4.22. The monoisotopic (exact) mass is 353 g/mol. The Morgan fingerprint density at radius 3 is 2.14 bits per heavy atom. The van der Waals surface area contributed by atoms with E-state index >= 15 is 0 Å². The van der Waals surface area contributed by atoms with Gasteiger partial charge in [0.05, 0.1) is 15.9 Å². The normalized spacial score (nSPS) is 11.0. The number of aromatic nitrogens is 4. The Labute approximate surface area is 132 Å². The molecule has 0 N–H and O–H groups in total. The Morgan fingerprint density at radius 1 is 1.14 bits per heavy atom. The molecule has 1 amide bonds. The fraction of sp³-hybridized carbons (Fsp3) is 0.500. The second-order valence-corrected chi connectivity index (χ2v) is 6.10. The molecule has 2 aromatic heterocycles. The van der Waals surface area contributed by atoms with Crippen LogP contribution in [0.5, 0.6) is 0 Å². The zero-order chi connectivity index (χ0) is 15.9. The highest BCUT2D eigenvalue weighted by molar-refractivity contribution is 9.10. The third-order valence-corrected chi connectivity index (χ3v) is 4.70. The van der Waals surface area contributed by atoms with Crippen molar-refractivity contribution >= 4 is 21.8 Å². The highest BCUT2D eigenvalue weighted by atomic mass is 79.9. The summed E-state index contributed by atoms with van der Waals surface area (Å²) in [7, 11) is 5.48. The zero-order valence-corrected chi connectivity index (χ0v) is 14.8. The minimum Gasteiger partial charge on any atom is -0.336 e. The second-order valence-electron chi connectivity index (χ2n) is 5.31. The van der Waals surface area contributed by atoms with E-state index in [0.717, 1.165) is 27.1 Å². The first-order valence-electron chi connectivity index (χ1n) is 6.67. The summed E-state index contributed by atoms with van der Waals surface area (Å²) in [5.74, 6) is -0.0624. The highest BCUT2D eigenvalue weighted by Crippen LogP contribution is 2.22. The number of amides is 1. The van der Waals surface area contributed by atoms with E-state index in [4.69, 9.17) is 0 Å². The largest absolute Gasteiger partial charge is 0.336 e. The van der Waals surface area contributed by atoms with E-state index in [1.165, 1.54) is 0 Å². The summed E-state index contributed by atoms with van der Waals surface area (Å²) in [6.45, 7) is 6.37. The van der Waals surface area contributed by atoms with Crippen LogP contribution in [0.2, 0.25) is 0 Å². The number of carbonyl (C=O) groups is 1. The van der Waals surface area contributed by atoms with E-state index in [-0.39, 0.29) is 5.91 Å². The standard InChI is InChI=1S/C14H20BrN5O/c1-8-11(10(3)19(5)16-8)7-18(4)14(21)13-12(15)9(2)17-20(13)6/h7H2,1-6H3. The SMILES string of the molecule is Cc1nn(C)c(C(=O)N(C)Cc2c(C)nn(C)c2C)c1Br. The Hall–Kier alpha value is -1.63. The molecule has 0 unspecified atom stereocenters. The number of halogens is 1. The van der Waals surface area contributed by atoms with Crippen molar-refractivity contribution in [3.8, 4) is 0 Å². The molecule has 7 heteroatoms. The molecule has 0 aliphatic rings. The number of hydrogen-bond donors (Lipinski definition) is 0. The van der Waals surface area contributed by atoms with Gasteiger partial charge in [-0.2, -0.15) is 10.2 Å². The maximum absolute atomic E-state index is 12.6. The topological polar surface area (TPSA) is 56.0 Å². The molecule has 0 radical (unpaired) electrons. The van der Waals surface area contributed by atoms with Crippen LogP contribution in [0.3, 0.4) is 0 Å². The van der Waals surface area contributed by atoms with Crippen molar-refractivity contribution in [1.29, 1.82) is 0 Å². The number of aryl methyl sites for hydroxylation is 4. The third-order valence-electron chi connectivity index (χ3n) is 3.75. The summed E-state index contributed by atoms with van der Waals surface area (Å²) in [6, 6.07) is 0. The maximum Gasteiger partial charge on any atom is 0.273 e. The third kappa shape index (κ3) is 2.74. The van der Waals surface area contributed by atoms with Gasteiger partial charge in [0.25, 0.3) is 5.91 Å². The van der Waals surface area contributed by atoms with Crippen LogP contribution >= 0.6 is 15.9 Å². The molecular formula is C14H20BrN5O. The van der Waals surface area contributed by atoms with Gasteiger partial charge in [0.1, 0.15) is 5.69 Å². The van der Waals surface area contributed by atoms with E-state index in [0.29, 0.717) is 12.2 Å². The lowest BCUT2D eigenvalue weighted by atomic mass is 10.2. The van der Waals surface area contributed by atoms with Gasteiger partial charge >= 0.3 is 0 Å². The fourth-order valence-electron chi connectivity index (χ4n) is 2.40. The van der Waals surface area contributed by atoms with E-state index < -0.39 is 0 Å². The molecule has 0 aliphatic heterocycles. The van der Waals surface area contributed by atoms with E-state index in [9.17, 15) is 4.79 Å². The van der Waals surface area contributed by atoms with Crippen molar-refractivity contribution in [2.45, 2.75) is 27.3 Å². The molecular weight excluding hydrogens is 334 g/mol. The van der Waals surface area contributed by atoms with Gasteiger partial charge in [-0.25, -0.2) is 0 Å². The van der Waals surface area contributed by atoms with Gasteiger partial charge < -0.3 is 4.90 Å². The van der Waals surface area contributed by atoms with Crippen molar-refractivity contribution in [3.63, 3.8) is 0 Å². The predicted octanol–water partition coefficient (Wildman–Crippen LogP) is 2.11. The highest BCUT2D eigenvalue weighted by Gasteiger charge is 2.23. The van der Waals surface area contributed by atoms with E-state index in [1.807, 2.05) is 32.5 Å². The molecule has 2 aromatic rings. The Balaban J connectivity index is 2.28. The lowest BCUT2D eigenvalue weighted by Crippen LogP contribution is -2.28. The van der Waals surface area contributed by atoms with E-state index in [2.05, 4.69) is 26.1 Å². The summed E-state index contributed by atoms with van der Waals surface area (Å²) in [6.07, 6.45) is 0. The molecule has 6 nitrogen and oxygen atoms in total. The van der Waals surface area contributed by atoms with Gasteiger partial charge in [0, 0.05) is 38.9 Å². The molecule has 0 aromatic carbocycles. The van der Waals surface area contributed by atoms with Crippen LogP contribution in [0.15, 0.2) is 4.47 Å². The Bertz CT molecular complexity index is 701. The van der Waals surface area contributed by atoms with Crippen molar-refractivity contribution in [1.82, 2.24) is 24.5 Å². The molecule has 2 rings (SSSR count). The van der Waals surface area contributed by atoms with Crippen molar-refractivity contribution < 1.29 is 4.79 Å². The van der Waals surface area contributed by atoms with Crippen LogP contribution in [0.25, 0.3) is 0 Å². The molecule has 0 bridgehead atoms. The number of nitrogens with zero attached hydrogens (tertiary/aromatic N) is 5. The first-order chi connectivity index (χ1) is 9.73. The van der Waals surface area contributed by atoms with Crippen LogP contribution in [0.1, 0.15) is 33.1 Å². The van der Waals surface area contributed by atoms with Gasteiger partial charge in [0.15, 0.2) is 0 Å². The van der Waals surface area contributed by atoms with Crippen molar-refractivity contribution in [3.05, 3.63) is 32.8 Å². The summed E-state index contributed by atoms with van der Waals surface area (Å²) < 4.78 is 4.20. The second kappa shape index (κ2) is 5.63. The van der Waals surface area contributed by atoms with Crippen molar-refractivity contribution in [2.24, 2.45) is 14.1 Å². The summed E-state index contributed by atoms with van der Waals surface area (Å²) in [4.78, 5) is 14.3. The minimum absolute atomic E-state index is 0.0624. The van der Waals surface area contributed by atoms with Gasteiger partial charge in [0.2, 0.25) is 0 Å². The predicted molar refractivity (Wildman–Crippen MR) is 84.1 cm³/mol.